The molecule has 108 valence electrons. The lowest BCUT2D eigenvalue weighted by Crippen LogP contribution is -2.17. The van der Waals surface area contributed by atoms with Gasteiger partial charge in [0.15, 0.2) is 0 Å². The molecule has 0 bridgehead atoms. The van der Waals surface area contributed by atoms with Crippen molar-refractivity contribution in [1.29, 1.82) is 0 Å². The van der Waals surface area contributed by atoms with Gasteiger partial charge in [-0.25, -0.2) is 0 Å². The van der Waals surface area contributed by atoms with Crippen molar-refractivity contribution in [1.82, 2.24) is 10.3 Å². The molecule has 2 aromatic rings. The van der Waals surface area contributed by atoms with Gasteiger partial charge in [-0.2, -0.15) is 0 Å². The third-order valence-corrected chi connectivity index (χ3v) is 3.09. The van der Waals surface area contributed by atoms with Crippen LogP contribution in [0.5, 0.6) is 0 Å². The van der Waals surface area contributed by atoms with E-state index in [1.54, 1.807) is 0 Å². The maximum absolute atomic E-state index is 5.56. The van der Waals surface area contributed by atoms with Gasteiger partial charge in [0.1, 0.15) is 0 Å². The molecule has 2 rings (SSSR count). The molecule has 0 amide bonds. The van der Waals surface area contributed by atoms with Crippen molar-refractivity contribution in [3.8, 4) is 0 Å². The number of nitrogens with one attached hydrogen (secondary N) is 1. The molecule has 3 nitrogen and oxygen atoms in total. The average Bonchev–Trinajstić information content (AvgIpc) is 2.46. The highest BCUT2D eigenvalue weighted by Crippen LogP contribution is 2.12. The number of nitrogens with zero attached hydrogens (tertiary/aromatic N) is 1. The molecule has 1 aromatic heterocycles. The van der Waals surface area contributed by atoms with Crippen LogP contribution in [0.2, 0.25) is 0 Å². The van der Waals surface area contributed by atoms with Crippen LogP contribution in [0, 0.1) is 5.92 Å². The van der Waals surface area contributed by atoms with Gasteiger partial charge in [-0.3, -0.25) is 4.98 Å². The zero-order valence-corrected chi connectivity index (χ0v) is 12.4. The molecule has 0 radical (unpaired) electrons. The zero-order chi connectivity index (χ0) is 14.2. The Morgan fingerprint density at radius 3 is 3.00 bits per heavy atom. The van der Waals surface area contributed by atoms with Gasteiger partial charge in [0.25, 0.3) is 0 Å². The Morgan fingerprint density at radius 2 is 2.15 bits per heavy atom. The van der Waals surface area contributed by atoms with Gasteiger partial charge in [-0.1, -0.05) is 26.0 Å². The molecule has 0 aliphatic rings. The summed E-state index contributed by atoms with van der Waals surface area (Å²) < 4.78 is 5.56. The van der Waals surface area contributed by atoms with Crippen LogP contribution in [-0.2, 0) is 11.3 Å². The van der Waals surface area contributed by atoms with Crippen molar-refractivity contribution in [2.24, 2.45) is 5.92 Å². The van der Waals surface area contributed by atoms with E-state index in [-0.39, 0.29) is 0 Å². The Morgan fingerprint density at radius 1 is 1.25 bits per heavy atom. The zero-order valence-electron chi connectivity index (χ0n) is 12.4. The molecule has 0 saturated heterocycles. The second-order valence-electron chi connectivity index (χ2n) is 5.53. The molecule has 20 heavy (non-hydrogen) atoms. The highest BCUT2D eigenvalue weighted by molar-refractivity contribution is 5.78. The lowest BCUT2D eigenvalue weighted by molar-refractivity contribution is 0.108. The van der Waals surface area contributed by atoms with Crippen molar-refractivity contribution < 1.29 is 4.74 Å². The van der Waals surface area contributed by atoms with Gasteiger partial charge < -0.3 is 10.1 Å². The predicted octanol–water partition coefficient (Wildman–Crippen LogP) is 3.39. The highest BCUT2D eigenvalue weighted by Gasteiger charge is 1.97. The van der Waals surface area contributed by atoms with Gasteiger partial charge in [0.05, 0.1) is 5.52 Å². The smallest absolute Gasteiger partial charge is 0.0702 e. The molecule has 1 heterocycles. The first-order valence-corrected chi connectivity index (χ1v) is 7.38. The lowest BCUT2D eigenvalue weighted by Gasteiger charge is -2.08. The van der Waals surface area contributed by atoms with Gasteiger partial charge in [0, 0.05) is 31.3 Å². The Labute approximate surface area is 121 Å². The molecule has 0 fully saturated rings. The third kappa shape index (κ3) is 4.91. The van der Waals surface area contributed by atoms with Gasteiger partial charge in [-0.15, -0.1) is 0 Å². The second kappa shape index (κ2) is 7.98. The number of pyridine rings is 1. The van der Waals surface area contributed by atoms with Crippen LogP contribution in [0.3, 0.4) is 0 Å². The molecule has 0 saturated carbocycles. The number of benzene rings is 1. The van der Waals surface area contributed by atoms with E-state index in [9.17, 15) is 0 Å². The van der Waals surface area contributed by atoms with Crippen molar-refractivity contribution in [3.05, 3.63) is 42.1 Å². The quantitative estimate of drug-likeness (QED) is 0.748. The second-order valence-corrected chi connectivity index (χ2v) is 5.53. The highest BCUT2D eigenvalue weighted by atomic mass is 16.5. The SMILES string of the molecule is CC(C)COCCCNCc1ccc2ncccc2c1. The molecule has 0 unspecified atom stereocenters. The topological polar surface area (TPSA) is 34.1 Å². The van der Waals surface area contributed by atoms with E-state index in [2.05, 4.69) is 48.4 Å². The molecule has 0 aliphatic carbocycles. The minimum atomic E-state index is 0.620. The maximum Gasteiger partial charge on any atom is 0.0702 e. The Hall–Kier alpha value is -1.45. The molecule has 0 spiro atoms. The Bertz CT molecular complexity index is 525. The predicted molar refractivity (Wildman–Crippen MR) is 83.7 cm³/mol. The lowest BCUT2D eigenvalue weighted by atomic mass is 10.1. The van der Waals surface area contributed by atoms with E-state index in [1.807, 2.05) is 12.3 Å². The van der Waals surface area contributed by atoms with E-state index in [0.717, 1.165) is 38.2 Å². The van der Waals surface area contributed by atoms with Gasteiger partial charge >= 0.3 is 0 Å². The summed E-state index contributed by atoms with van der Waals surface area (Å²) in [5.74, 6) is 0.620. The van der Waals surface area contributed by atoms with Crippen LogP contribution in [-0.4, -0.2) is 24.7 Å². The summed E-state index contributed by atoms with van der Waals surface area (Å²) in [7, 11) is 0. The van der Waals surface area contributed by atoms with Crippen LogP contribution >= 0.6 is 0 Å². The standard InChI is InChI=1S/C17H24N2O/c1-14(2)13-20-10-4-8-18-12-15-6-7-17-16(11-15)5-3-9-19-17/h3,5-7,9,11,14,18H,4,8,10,12-13H2,1-2H3. The van der Waals surface area contributed by atoms with Crippen LogP contribution in [0.1, 0.15) is 25.8 Å². The number of aromatic nitrogens is 1. The van der Waals surface area contributed by atoms with Gasteiger partial charge in [-0.05, 0) is 42.6 Å². The van der Waals surface area contributed by atoms with Gasteiger partial charge in [0.2, 0.25) is 0 Å². The summed E-state index contributed by atoms with van der Waals surface area (Å²) in [6, 6.07) is 10.5. The minimum absolute atomic E-state index is 0.620. The molecule has 0 aliphatic heterocycles. The van der Waals surface area contributed by atoms with Crippen molar-refractivity contribution in [2.45, 2.75) is 26.8 Å². The molecular formula is C17H24N2O. The molecule has 1 N–H and O–H groups in total. The summed E-state index contributed by atoms with van der Waals surface area (Å²) in [5, 5.41) is 4.66. The van der Waals surface area contributed by atoms with E-state index >= 15 is 0 Å². The van der Waals surface area contributed by atoms with Crippen molar-refractivity contribution >= 4 is 10.9 Å². The van der Waals surface area contributed by atoms with E-state index in [0.29, 0.717) is 5.92 Å². The van der Waals surface area contributed by atoms with Crippen LogP contribution in [0.15, 0.2) is 36.5 Å². The van der Waals surface area contributed by atoms with E-state index in [1.165, 1.54) is 10.9 Å². The maximum atomic E-state index is 5.56. The first-order valence-electron chi connectivity index (χ1n) is 7.38. The number of fused-ring (bicyclic) bond motifs is 1. The first-order chi connectivity index (χ1) is 9.75. The van der Waals surface area contributed by atoms with Crippen LogP contribution in [0.4, 0.5) is 0 Å². The normalized spacial score (nSPS) is 11.3. The Balaban J connectivity index is 1.68. The number of hydrogen-bond acceptors (Lipinski definition) is 3. The average molecular weight is 272 g/mol. The monoisotopic (exact) mass is 272 g/mol. The summed E-state index contributed by atoms with van der Waals surface area (Å²) in [4.78, 5) is 4.33. The first kappa shape index (κ1) is 14.9. The van der Waals surface area contributed by atoms with Crippen LogP contribution in [0.25, 0.3) is 10.9 Å². The fraction of sp³-hybridized carbons (Fsp3) is 0.471. The fourth-order valence-electron chi connectivity index (χ4n) is 2.09. The van der Waals surface area contributed by atoms with Crippen molar-refractivity contribution in [2.75, 3.05) is 19.8 Å². The number of ether oxygens (including phenoxy) is 1. The summed E-state index contributed by atoms with van der Waals surface area (Å²) in [5.41, 5.74) is 2.35. The largest absolute Gasteiger partial charge is 0.381 e. The molecule has 0 atom stereocenters. The summed E-state index contributed by atoms with van der Waals surface area (Å²) in [6.07, 6.45) is 2.89. The minimum Gasteiger partial charge on any atom is -0.381 e. The fourth-order valence-corrected chi connectivity index (χ4v) is 2.09. The summed E-state index contributed by atoms with van der Waals surface area (Å²) in [6.45, 7) is 7.93. The van der Waals surface area contributed by atoms with E-state index in [4.69, 9.17) is 4.74 Å². The number of rotatable bonds is 8. The van der Waals surface area contributed by atoms with Crippen molar-refractivity contribution in [3.63, 3.8) is 0 Å². The summed E-state index contributed by atoms with van der Waals surface area (Å²) >= 11 is 0. The Kier molecular flexibility index (Phi) is 5.96. The molecule has 1 aromatic carbocycles. The molecular weight excluding hydrogens is 248 g/mol. The third-order valence-electron chi connectivity index (χ3n) is 3.09. The molecule has 3 heteroatoms. The number of hydrogen-bond donors (Lipinski definition) is 1. The van der Waals surface area contributed by atoms with Crippen LogP contribution < -0.4 is 5.32 Å². The van der Waals surface area contributed by atoms with E-state index < -0.39 is 0 Å².